The van der Waals surface area contributed by atoms with E-state index in [1.54, 1.807) is 30.3 Å². The fourth-order valence-corrected chi connectivity index (χ4v) is 2.71. The first kappa shape index (κ1) is 16.5. The van der Waals surface area contributed by atoms with Gasteiger partial charge >= 0.3 is 0 Å². The van der Waals surface area contributed by atoms with Crippen molar-refractivity contribution in [1.82, 2.24) is 4.90 Å². The summed E-state index contributed by atoms with van der Waals surface area (Å²) in [5.74, 6) is -1.62. The van der Waals surface area contributed by atoms with Crippen molar-refractivity contribution in [2.45, 2.75) is 19.3 Å². The summed E-state index contributed by atoms with van der Waals surface area (Å²) < 4.78 is 33.3. The minimum atomic E-state index is -0.774. The van der Waals surface area contributed by atoms with Crippen molar-refractivity contribution in [2.24, 2.45) is 5.73 Å². The fraction of sp³-hybridized carbons (Fsp3) is 0.278. The van der Waals surface area contributed by atoms with Crippen LogP contribution in [0.3, 0.4) is 0 Å². The highest BCUT2D eigenvalue weighted by Crippen LogP contribution is 2.20. The third-order valence-corrected chi connectivity index (χ3v) is 4.09. The zero-order chi connectivity index (χ0) is 17.1. The van der Waals surface area contributed by atoms with Crippen molar-refractivity contribution in [3.8, 4) is 0 Å². The zero-order valence-corrected chi connectivity index (χ0v) is 13.0. The van der Waals surface area contributed by atoms with E-state index < -0.39 is 11.7 Å². The van der Waals surface area contributed by atoms with Crippen molar-refractivity contribution in [1.29, 1.82) is 0 Å². The number of amides is 1. The van der Waals surface area contributed by atoms with Crippen LogP contribution in [0.2, 0.25) is 0 Å². The van der Waals surface area contributed by atoms with Crippen molar-refractivity contribution < 1.29 is 18.3 Å². The molecule has 1 aliphatic rings. The van der Waals surface area contributed by atoms with Gasteiger partial charge in [0.2, 0.25) is 0 Å². The third kappa shape index (κ3) is 3.60. The lowest BCUT2D eigenvalue weighted by Crippen LogP contribution is -2.51. The normalized spacial score (nSPS) is 15.2. The SMILES string of the molecule is NC(=O)c1cccc(CN2CC(OCc3ccccc3F)C2)c1F. The van der Waals surface area contributed by atoms with E-state index in [4.69, 9.17) is 10.5 Å². The molecule has 1 saturated heterocycles. The molecule has 2 aromatic rings. The van der Waals surface area contributed by atoms with Gasteiger partial charge in [-0.05, 0) is 12.1 Å². The number of hydrogen-bond acceptors (Lipinski definition) is 3. The molecule has 0 spiro atoms. The van der Waals surface area contributed by atoms with Gasteiger partial charge in [-0.1, -0.05) is 30.3 Å². The Labute approximate surface area is 138 Å². The number of rotatable bonds is 6. The van der Waals surface area contributed by atoms with Gasteiger partial charge in [0, 0.05) is 30.8 Å². The molecule has 6 heteroatoms. The lowest BCUT2D eigenvalue weighted by atomic mass is 10.1. The Bertz CT molecular complexity index is 746. The first-order chi connectivity index (χ1) is 11.5. The number of hydrogen-bond donors (Lipinski definition) is 1. The largest absolute Gasteiger partial charge is 0.371 e. The molecule has 0 radical (unpaired) electrons. The van der Waals surface area contributed by atoms with Crippen LogP contribution in [-0.4, -0.2) is 30.0 Å². The number of carbonyl (C=O) groups is 1. The van der Waals surface area contributed by atoms with Gasteiger partial charge in [-0.2, -0.15) is 0 Å². The lowest BCUT2D eigenvalue weighted by Gasteiger charge is -2.39. The molecule has 0 aromatic heterocycles. The van der Waals surface area contributed by atoms with Crippen LogP contribution in [0.25, 0.3) is 0 Å². The van der Waals surface area contributed by atoms with Gasteiger partial charge in [0.15, 0.2) is 0 Å². The molecular formula is C18H18F2N2O2. The summed E-state index contributed by atoms with van der Waals surface area (Å²) in [5.41, 5.74) is 6.00. The van der Waals surface area contributed by atoms with Gasteiger partial charge in [-0.25, -0.2) is 8.78 Å². The predicted molar refractivity (Wildman–Crippen MR) is 85.2 cm³/mol. The molecule has 1 heterocycles. The molecule has 1 aliphatic heterocycles. The molecule has 0 saturated carbocycles. The number of nitrogens with two attached hydrogens (primary N) is 1. The fourth-order valence-electron chi connectivity index (χ4n) is 2.71. The summed E-state index contributed by atoms with van der Waals surface area (Å²) in [4.78, 5) is 13.2. The smallest absolute Gasteiger partial charge is 0.251 e. The molecule has 2 aromatic carbocycles. The van der Waals surface area contributed by atoms with E-state index in [2.05, 4.69) is 0 Å². The van der Waals surface area contributed by atoms with E-state index in [-0.39, 0.29) is 24.1 Å². The monoisotopic (exact) mass is 332 g/mol. The number of likely N-dealkylation sites (tertiary alicyclic amines) is 1. The van der Waals surface area contributed by atoms with Gasteiger partial charge in [-0.3, -0.25) is 9.69 Å². The maximum absolute atomic E-state index is 14.2. The van der Waals surface area contributed by atoms with E-state index in [9.17, 15) is 13.6 Å². The number of carbonyl (C=O) groups excluding carboxylic acids is 1. The van der Waals surface area contributed by atoms with Crippen molar-refractivity contribution in [2.75, 3.05) is 13.1 Å². The average molecular weight is 332 g/mol. The van der Waals surface area contributed by atoms with Gasteiger partial charge in [-0.15, -0.1) is 0 Å². The molecule has 0 atom stereocenters. The van der Waals surface area contributed by atoms with Gasteiger partial charge < -0.3 is 10.5 Å². The van der Waals surface area contributed by atoms with Crippen LogP contribution >= 0.6 is 0 Å². The zero-order valence-electron chi connectivity index (χ0n) is 13.0. The third-order valence-electron chi connectivity index (χ3n) is 4.09. The minimum absolute atomic E-state index is 0.00742. The predicted octanol–water partition coefficient (Wildman–Crippen LogP) is 2.46. The molecule has 0 unspecified atom stereocenters. The minimum Gasteiger partial charge on any atom is -0.371 e. The maximum Gasteiger partial charge on any atom is 0.251 e. The second-order valence-corrected chi connectivity index (χ2v) is 5.86. The van der Waals surface area contributed by atoms with Crippen LogP contribution in [0.4, 0.5) is 8.78 Å². The summed E-state index contributed by atoms with van der Waals surface area (Å²) in [6.45, 7) is 1.87. The standard InChI is InChI=1S/C18H18F2N2O2/c19-16-7-2-1-4-13(16)11-24-14-9-22(10-14)8-12-5-3-6-15(17(12)20)18(21)23/h1-7,14H,8-11H2,(H2,21,23). The number of ether oxygens (including phenoxy) is 1. The highest BCUT2D eigenvalue weighted by atomic mass is 19.1. The second kappa shape index (κ2) is 7.07. The van der Waals surface area contributed by atoms with E-state index in [0.29, 0.717) is 30.8 Å². The van der Waals surface area contributed by atoms with Crippen LogP contribution in [0.5, 0.6) is 0 Å². The van der Waals surface area contributed by atoms with E-state index >= 15 is 0 Å². The van der Waals surface area contributed by atoms with E-state index in [1.807, 2.05) is 4.90 Å². The molecule has 3 rings (SSSR count). The topological polar surface area (TPSA) is 55.6 Å². The molecule has 4 nitrogen and oxygen atoms in total. The molecular weight excluding hydrogens is 314 g/mol. The molecule has 0 bridgehead atoms. The Morgan fingerprint density at radius 1 is 1.12 bits per heavy atom. The molecule has 126 valence electrons. The van der Waals surface area contributed by atoms with Crippen molar-refractivity contribution in [3.05, 3.63) is 70.8 Å². The number of primary amides is 1. The van der Waals surface area contributed by atoms with Gasteiger partial charge in [0.25, 0.3) is 5.91 Å². The van der Waals surface area contributed by atoms with E-state index in [1.165, 1.54) is 12.1 Å². The summed E-state index contributed by atoms with van der Waals surface area (Å²) in [6.07, 6.45) is -0.00742. The second-order valence-electron chi connectivity index (χ2n) is 5.86. The average Bonchev–Trinajstić information content (AvgIpc) is 2.52. The first-order valence-corrected chi connectivity index (χ1v) is 7.69. The maximum atomic E-state index is 14.2. The highest BCUT2D eigenvalue weighted by Gasteiger charge is 2.28. The van der Waals surface area contributed by atoms with Gasteiger partial charge in [0.1, 0.15) is 11.6 Å². The molecule has 24 heavy (non-hydrogen) atoms. The Morgan fingerprint density at radius 2 is 1.83 bits per heavy atom. The summed E-state index contributed by atoms with van der Waals surface area (Å²) in [5, 5.41) is 0. The Kier molecular flexibility index (Phi) is 4.87. The van der Waals surface area contributed by atoms with Crippen molar-refractivity contribution in [3.63, 3.8) is 0 Å². The Balaban J connectivity index is 1.50. The Morgan fingerprint density at radius 3 is 2.54 bits per heavy atom. The highest BCUT2D eigenvalue weighted by molar-refractivity contribution is 5.93. The quantitative estimate of drug-likeness (QED) is 0.884. The number of benzene rings is 2. The van der Waals surface area contributed by atoms with Crippen LogP contribution < -0.4 is 5.73 Å². The van der Waals surface area contributed by atoms with E-state index in [0.717, 1.165) is 0 Å². The summed E-state index contributed by atoms with van der Waals surface area (Å²) in [7, 11) is 0. The molecule has 0 aliphatic carbocycles. The summed E-state index contributed by atoms with van der Waals surface area (Å²) >= 11 is 0. The lowest BCUT2D eigenvalue weighted by molar-refractivity contribution is -0.0668. The Hall–Kier alpha value is -2.31. The molecule has 1 amide bonds. The van der Waals surface area contributed by atoms with Crippen LogP contribution in [0.1, 0.15) is 21.5 Å². The first-order valence-electron chi connectivity index (χ1n) is 7.69. The number of halogens is 2. The van der Waals surface area contributed by atoms with Crippen molar-refractivity contribution >= 4 is 5.91 Å². The number of nitrogens with zero attached hydrogens (tertiary/aromatic N) is 1. The molecule has 2 N–H and O–H groups in total. The van der Waals surface area contributed by atoms with Gasteiger partial charge in [0.05, 0.1) is 18.3 Å². The van der Waals surface area contributed by atoms with Crippen LogP contribution in [0, 0.1) is 11.6 Å². The summed E-state index contributed by atoms with van der Waals surface area (Å²) in [6, 6.07) is 11.1. The van der Waals surface area contributed by atoms with Crippen LogP contribution in [0.15, 0.2) is 42.5 Å². The molecule has 1 fully saturated rings. The van der Waals surface area contributed by atoms with Crippen LogP contribution in [-0.2, 0) is 17.9 Å².